The molecule has 0 spiro atoms. The zero-order valence-corrected chi connectivity index (χ0v) is 18.8. The van der Waals surface area contributed by atoms with E-state index in [-0.39, 0.29) is 6.04 Å². The molecule has 5 rings (SSSR count). The number of pyridine rings is 1. The molecular weight excluding hydrogens is 420 g/mol. The first-order valence-electron chi connectivity index (χ1n) is 10.3. The number of fused-ring (bicyclic) bond motifs is 1. The van der Waals surface area contributed by atoms with Gasteiger partial charge >= 0.3 is 0 Å². The Morgan fingerprint density at radius 2 is 1.94 bits per heavy atom. The van der Waals surface area contributed by atoms with E-state index in [0.717, 1.165) is 43.9 Å². The van der Waals surface area contributed by atoms with Crippen LogP contribution in [0.3, 0.4) is 0 Å². The summed E-state index contributed by atoms with van der Waals surface area (Å²) in [5, 5.41) is 18.5. The number of anilines is 1. The normalized spacial score (nSPS) is 11.8. The van der Waals surface area contributed by atoms with Crippen molar-refractivity contribution in [2.24, 2.45) is 4.99 Å². The van der Waals surface area contributed by atoms with Crippen molar-refractivity contribution < 1.29 is 0 Å². The Balaban J connectivity index is 1.56. The highest BCUT2D eigenvalue weighted by Gasteiger charge is 2.16. The van der Waals surface area contributed by atoms with Gasteiger partial charge < -0.3 is 5.32 Å². The van der Waals surface area contributed by atoms with Gasteiger partial charge in [-0.1, -0.05) is 11.3 Å². The molecule has 0 aliphatic heterocycles. The molecule has 160 valence electrons. The molecule has 0 saturated heterocycles. The van der Waals surface area contributed by atoms with Crippen LogP contribution in [0, 0.1) is 0 Å². The van der Waals surface area contributed by atoms with Crippen molar-refractivity contribution in [1.29, 1.82) is 0 Å². The van der Waals surface area contributed by atoms with Crippen molar-refractivity contribution in [1.82, 2.24) is 29.4 Å². The summed E-state index contributed by atoms with van der Waals surface area (Å²) in [4.78, 5) is 8.82. The third-order valence-electron chi connectivity index (χ3n) is 4.88. The van der Waals surface area contributed by atoms with Gasteiger partial charge in [0.1, 0.15) is 0 Å². The number of aliphatic imine (C=N–C) groups is 1. The molecule has 5 aromatic rings. The standard InChI is InChI=1S/C23H22N8S/c1-15(2)27-19-11-20(21-7-6-17-10-16(12-24-3)13-26-31(17)21)25-14-18(19)22-28-29-23(32-22)30-8-4-5-9-30/h4-15H,1-3H3,(H,25,27)/b24-12-. The van der Waals surface area contributed by atoms with Gasteiger partial charge in [0, 0.05) is 49.1 Å². The Bertz CT molecular complexity index is 1390. The Hall–Kier alpha value is -3.85. The molecule has 9 heteroatoms. The van der Waals surface area contributed by atoms with Gasteiger partial charge in [-0.3, -0.25) is 14.5 Å². The van der Waals surface area contributed by atoms with Crippen LogP contribution in [0.4, 0.5) is 5.69 Å². The molecule has 0 radical (unpaired) electrons. The fourth-order valence-electron chi connectivity index (χ4n) is 3.52. The number of nitrogens with zero attached hydrogens (tertiary/aromatic N) is 7. The van der Waals surface area contributed by atoms with Crippen LogP contribution >= 0.6 is 11.3 Å². The molecular formula is C23H22N8S. The monoisotopic (exact) mass is 442 g/mol. The fraction of sp³-hybridized carbons (Fsp3) is 0.174. The van der Waals surface area contributed by atoms with Gasteiger partial charge in [-0.25, -0.2) is 4.52 Å². The third-order valence-corrected chi connectivity index (χ3v) is 5.85. The summed E-state index contributed by atoms with van der Waals surface area (Å²) in [7, 11) is 1.75. The molecule has 5 aromatic heterocycles. The highest BCUT2D eigenvalue weighted by atomic mass is 32.1. The molecule has 0 aliphatic carbocycles. The van der Waals surface area contributed by atoms with E-state index in [1.54, 1.807) is 19.5 Å². The lowest BCUT2D eigenvalue weighted by Crippen LogP contribution is -2.11. The predicted octanol–water partition coefficient (Wildman–Crippen LogP) is 4.57. The van der Waals surface area contributed by atoms with Gasteiger partial charge in [-0.2, -0.15) is 5.10 Å². The second-order valence-electron chi connectivity index (χ2n) is 7.63. The highest BCUT2D eigenvalue weighted by molar-refractivity contribution is 7.17. The largest absolute Gasteiger partial charge is 0.382 e. The van der Waals surface area contributed by atoms with Crippen molar-refractivity contribution >= 4 is 28.8 Å². The minimum Gasteiger partial charge on any atom is -0.382 e. The van der Waals surface area contributed by atoms with Crippen molar-refractivity contribution in [2.75, 3.05) is 12.4 Å². The Kier molecular flexibility index (Phi) is 5.24. The number of nitrogens with one attached hydrogen (secondary N) is 1. The maximum atomic E-state index is 4.75. The van der Waals surface area contributed by atoms with Crippen molar-refractivity contribution in [2.45, 2.75) is 19.9 Å². The number of rotatable bonds is 6. The summed E-state index contributed by atoms with van der Waals surface area (Å²) in [6, 6.07) is 12.4. The van der Waals surface area contributed by atoms with Crippen LogP contribution < -0.4 is 5.32 Å². The zero-order chi connectivity index (χ0) is 22.1. The molecule has 5 heterocycles. The second-order valence-corrected chi connectivity index (χ2v) is 8.58. The minimum absolute atomic E-state index is 0.249. The first-order valence-corrected chi connectivity index (χ1v) is 11.1. The van der Waals surface area contributed by atoms with E-state index in [9.17, 15) is 0 Å². The summed E-state index contributed by atoms with van der Waals surface area (Å²) in [6.45, 7) is 4.22. The zero-order valence-electron chi connectivity index (χ0n) is 18.0. The first kappa shape index (κ1) is 20.1. The van der Waals surface area contributed by atoms with Crippen LogP contribution in [-0.4, -0.2) is 48.7 Å². The smallest absolute Gasteiger partial charge is 0.216 e. The van der Waals surface area contributed by atoms with Gasteiger partial charge in [0.25, 0.3) is 0 Å². The Labute approximate surface area is 189 Å². The van der Waals surface area contributed by atoms with Crippen molar-refractivity contribution in [3.8, 4) is 27.1 Å². The second kappa shape index (κ2) is 8.35. The lowest BCUT2D eigenvalue weighted by molar-refractivity contribution is 0.898. The van der Waals surface area contributed by atoms with E-state index < -0.39 is 0 Å². The average Bonchev–Trinajstić information content (AvgIpc) is 3.53. The van der Waals surface area contributed by atoms with Gasteiger partial charge in [0.15, 0.2) is 5.01 Å². The van der Waals surface area contributed by atoms with E-state index in [0.29, 0.717) is 0 Å². The van der Waals surface area contributed by atoms with Crippen LogP contribution in [-0.2, 0) is 0 Å². The highest BCUT2D eigenvalue weighted by Crippen LogP contribution is 2.34. The van der Waals surface area contributed by atoms with E-state index in [4.69, 9.17) is 4.98 Å². The molecule has 0 bridgehead atoms. The van der Waals surface area contributed by atoms with E-state index >= 15 is 0 Å². The Morgan fingerprint density at radius 1 is 1.09 bits per heavy atom. The quantitative estimate of drug-likeness (QED) is 0.389. The molecule has 0 aliphatic rings. The molecule has 32 heavy (non-hydrogen) atoms. The lowest BCUT2D eigenvalue weighted by Gasteiger charge is -2.14. The maximum Gasteiger partial charge on any atom is 0.216 e. The number of hydrogen-bond donors (Lipinski definition) is 1. The summed E-state index contributed by atoms with van der Waals surface area (Å²) in [5.74, 6) is 0. The molecule has 0 aromatic carbocycles. The first-order chi connectivity index (χ1) is 15.6. The molecule has 0 amide bonds. The molecule has 1 N–H and O–H groups in total. The minimum atomic E-state index is 0.249. The van der Waals surface area contributed by atoms with E-state index in [1.807, 2.05) is 51.9 Å². The molecule has 0 saturated carbocycles. The molecule has 8 nitrogen and oxygen atoms in total. The number of aromatic nitrogens is 6. The van der Waals surface area contributed by atoms with Gasteiger partial charge in [0.05, 0.1) is 28.7 Å². The lowest BCUT2D eigenvalue weighted by atomic mass is 10.1. The van der Waals surface area contributed by atoms with Crippen LogP contribution in [0.2, 0.25) is 0 Å². The SMILES string of the molecule is C/N=C\c1cnn2c(-c3cc(NC(C)C)c(-c4nnc(-n5cccc5)s4)cn3)ccc2c1. The summed E-state index contributed by atoms with van der Waals surface area (Å²) in [5.41, 5.74) is 5.59. The van der Waals surface area contributed by atoms with Crippen LogP contribution in [0.5, 0.6) is 0 Å². The average molecular weight is 443 g/mol. The number of hydrogen-bond acceptors (Lipinski definition) is 7. The van der Waals surface area contributed by atoms with Crippen molar-refractivity contribution in [3.63, 3.8) is 0 Å². The van der Waals surface area contributed by atoms with Gasteiger partial charge in [0.2, 0.25) is 5.13 Å². The van der Waals surface area contributed by atoms with Crippen LogP contribution in [0.1, 0.15) is 19.4 Å². The van der Waals surface area contributed by atoms with Crippen LogP contribution in [0.15, 0.2) is 66.2 Å². The summed E-state index contributed by atoms with van der Waals surface area (Å²) < 4.78 is 3.84. The van der Waals surface area contributed by atoms with Gasteiger partial charge in [-0.05, 0) is 50.2 Å². The summed E-state index contributed by atoms with van der Waals surface area (Å²) >= 11 is 1.53. The van der Waals surface area contributed by atoms with Gasteiger partial charge in [-0.15, -0.1) is 10.2 Å². The third kappa shape index (κ3) is 3.78. The summed E-state index contributed by atoms with van der Waals surface area (Å²) in [6.07, 6.45) is 9.37. The fourth-order valence-corrected chi connectivity index (χ4v) is 4.35. The molecule has 0 fully saturated rings. The Morgan fingerprint density at radius 3 is 2.72 bits per heavy atom. The van der Waals surface area contributed by atoms with Crippen molar-refractivity contribution in [3.05, 3.63) is 66.7 Å². The predicted molar refractivity (Wildman–Crippen MR) is 129 cm³/mol. The maximum absolute atomic E-state index is 4.75. The molecule has 0 unspecified atom stereocenters. The van der Waals surface area contributed by atoms with E-state index in [1.165, 1.54) is 11.3 Å². The van der Waals surface area contributed by atoms with E-state index in [2.05, 4.69) is 51.6 Å². The topological polar surface area (TPSA) is 85.3 Å². The van der Waals surface area contributed by atoms with Crippen LogP contribution in [0.25, 0.3) is 32.6 Å². The molecule has 0 atom stereocenters.